The van der Waals surface area contributed by atoms with Gasteiger partial charge in [-0.1, -0.05) is 40.8 Å². The Hall–Kier alpha value is 0.520. The zero-order valence-corrected chi connectivity index (χ0v) is 13.6. The molecule has 0 amide bonds. The van der Waals surface area contributed by atoms with Crippen LogP contribution >= 0.6 is 17.2 Å². The predicted molar refractivity (Wildman–Crippen MR) is 82.2 cm³/mol. The first-order valence-electron chi connectivity index (χ1n) is 6.52. The molecule has 0 aliphatic heterocycles. The maximum absolute atomic E-state index is 10.2. The molecule has 102 valence electrons. The molecule has 0 aliphatic rings. The number of hydrogen-bond acceptors (Lipinski definition) is 2. The number of rotatable bonds is 9. The lowest BCUT2D eigenvalue weighted by Gasteiger charge is -2.22. The molecule has 4 heteroatoms. The van der Waals surface area contributed by atoms with Crippen LogP contribution in [-0.2, 0) is 0 Å². The number of hydrogen-bond donors (Lipinski definition) is 2. The van der Waals surface area contributed by atoms with Gasteiger partial charge in [0.15, 0.2) is 0 Å². The van der Waals surface area contributed by atoms with Crippen molar-refractivity contribution in [3.8, 4) is 0 Å². The van der Waals surface area contributed by atoms with Crippen LogP contribution in [0.4, 0.5) is 0 Å². The van der Waals surface area contributed by atoms with E-state index in [-0.39, 0.29) is 0 Å². The van der Waals surface area contributed by atoms with Crippen molar-refractivity contribution >= 4 is 17.2 Å². The highest BCUT2D eigenvalue weighted by atomic mass is 31.1. The third-order valence-electron chi connectivity index (χ3n) is 2.54. The van der Waals surface area contributed by atoms with Crippen molar-refractivity contribution in [3.05, 3.63) is 10.9 Å². The molecular formula is C13H28O2P2. The first-order chi connectivity index (χ1) is 8.04. The minimum Gasteiger partial charge on any atom is -0.390 e. The Bertz CT molecular complexity index is 225. The van der Waals surface area contributed by atoms with Gasteiger partial charge in [0.05, 0.1) is 6.10 Å². The third kappa shape index (κ3) is 7.52. The highest BCUT2D eigenvalue weighted by Crippen LogP contribution is 2.32. The summed E-state index contributed by atoms with van der Waals surface area (Å²) in [6.07, 6.45) is 4.09. The zero-order valence-electron chi connectivity index (χ0n) is 11.6. The molecule has 0 radical (unpaired) electrons. The van der Waals surface area contributed by atoms with Gasteiger partial charge in [0.2, 0.25) is 0 Å². The van der Waals surface area contributed by atoms with Crippen LogP contribution < -0.4 is 0 Å². The highest BCUT2D eigenvalue weighted by molar-refractivity contribution is 7.43. The molecule has 17 heavy (non-hydrogen) atoms. The zero-order chi connectivity index (χ0) is 13.3. The summed E-state index contributed by atoms with van der Waals surface area (Å²) < 4.78 is 0. The largest absolute Gasteiger partial charge is 0.390 e. The van der Waals surface area contributed by atoms with E-state index in [4.69, 9.17) is 0 Å². The second-order valence-corrected chi connectivity index (χ2v) is 7.36. The molecule has 0 rings (SSSR count). The van der Waals surface area contributed by atoms with Gasteiger partial charge >= 0.3 is 0 Å². The molecular weight excluding hydrogens is 250 g/mol. The van der Waals surface area contributed by atoms with Crippen molar-refractivity contribution in [2.75, 3.05) is 18.5 Å². The molecule has 0 aliphatic carbocycles. The van der Waals surface area contributed by atoms with Crippen molar-refractivity contribution in [2.24, 2.45) is 0 Å². The Labute approximate surface area is 110 Å². The topological polar surface area (TPSA) is 40.5 Å². The van der Waals surface area contributed by atoms with E-state index in [1.807, 2.05) is 13.8 Å². The molecule has 0 heterocycles. The average molecular weight is 278 g/mol. The van der Waals surface area contributed by atoms with E-state index < -0.39 is 12.2 Å². The van der Waals surface area contributed by atoms with Gasteiger partial charge in [0.1, 0.15) is 6.10 Å². The summed E-state index contributed by atoms with van der Waals surface area (Å²) in [5.41, 5.74) is 1.17. The van der Waals surface area contributed by atoms with Crippen molar-refractivity contribution in [1.29, 1.82) is 0 Å². The standard InChI is InChI=1S/C13H28O2P2/c1-5-7-16-9-11(14)12(15)13(10(3)4)17-8-6-2/h11-12,14-17H,5-9H2,1-4H3. The van der Waals surface area contributed by atoms with Gasteiger partial charge in [0, 0.05) is 0 Å². The maximum atomic E-state index is 10.2. The van der Waals surface area contributed by atoms with Crippen LogP contribution in [0.3, 0.4) is 0 Å². The SMILES string of the molecule is CCCPCC(O)C(O)C(PCCC)=C(C)C. The van der Waals surface area contributed by atoms with Crippen LogP contribution in [0.25, 0.3) is 0 Å². The Balaban J connectivity index is 4.30. The Morgan fingerprint density at radius 1 is 1.06 bits per heavy atom. The lowest BCUT2D eigenvalue weighted by Crippen LogP contribution is -2.29. The minimum atomic E-state index is -0.644. The minimum absolute atomic E-state index is 0.575. The third-order valence-corrected chi connectivity index (χ3v) is 6.03. The second-order valence-electron chi connectivity index (χ2n) is 4.56. The molecule has 0 saturated carbocycles. The molecule has 0 spiro atoms. The molecule has 0 fully saturated rings. The summed E-state index contributed by atoms with van der Waals surface area (Å²) in [5, 5.41) is 21.2. The van der Waals surface area contributed by atoms with Crippen molar-refractivity contribution in [3.63, 3.8) is 0 Å². The predicted octanol–water partition coefficient (Wildman–Crippen LogP) is 3.18. The normalized spacial score (nSPS) is 15.9. The Morgan fingerprint density at radius 2 is 1.65 bits per heavy atom. The number of aliphatic hydroxyl groups is 2. The Morgan fingerprint density at radius 3 is 2.12 bits per heavy atom. The first-order valence-corrected chi connectivity index (χ1v) is 9.14. The molecule has 2 N–H and O–H groups in total. The van der Waals surface area contributed by atoms with E-state index in [1.54, 1.807) is 0 Å². The molecule has 0 aromatic heterocycles. The van der Waals surface area contributed by atoms with E-state index >= 15 is 0 Å². The summed E-state index contributed by atoms with van der Waals surface area (Å²) in [6, 6.07) is 0. The van der Waals surface area contributed by atoms with Gasteiger partial charge in [0.25, 0.3) is 0 Å². The van der Waals surface area contributed by atoms with Crippen molar-refractivity contribution < 1.29 is 10.2 Å². The number of aliphatic hydroxyl groups excluding tert-OH is 2. The monoisotopic (exact) mass is 278 g/mol. The average Bonchev–Trinajstić information content (AvgIpc) is 2.29. The van der Waals surface area contributed by atoms with Gasteiger partial charge in [-0.05, 0) is 37.6 Å². The fourth-order valence-electron chi connectivity index (χ4n) is 1.57. The van der Waals surface area contributed by atoms with E-state index in [2.05, 4.69) is 13.8 Å². The summed E-state index contributed by atoms with van der Waals surface area (Å²) >= 11 is 0. The molecule has 0 aromatic rings. The summed E-state index contributed by atoms with van der Waals surface area (Å²) in [5.74, 6) is 0. The van der Waals surface area contributed by atoms with Gasteiger partial charge in [-0.15, -0.1) is 8.58 Å². The second kappa shape index (κ2) is 10.4. The van der Waals surface area contributed by atoms with Gasteiger partial charge in [-0.25, -0.2) is 0 Å². The quantitative estimate of drug-likeness (QED) is 0.502. The van der Waals surface area contributed by atoms with Crippen LogP contribution in [-0.4, -0.2) is 40.9 Å². The molecule has 0 aromatic carbocycles. The van der Waals surface area contributed by atoms with Crippen LogP contribution in [0.15, 0.2) is 10.9 Å². The molecule has 4 atom stereocenters. The Kier molecular flexibility index (Phi) is 10.8. The molecule has 0 bridgehead atoms. The lowest BCUT2D eigenvalue weighted by molar-refractivity contribution is 0.0616. The van der Waals surface area contributed by atoms with Gasteiger partial charge in [-0.2, -0.15) is 0 Å². The van der Waals surface area contributed by atoms with Crippen LogP contribution in [0.1, 0.15) is 40.5 Å². The molecule has 0 saturated heterocycles. The van der Waals surface area contributed by atoms with E-state index in [0.717, 1.165) is 45.2 Å². The van der Waals surface area contributed by atoms with Crippen LogP contribution in [0.5, 0.6) is 0 Å². The highest BCUT2D eigenvalue weighted by Gasteiger charge is 2.20. The lowest BCUT2D eigenvalue weighted by atomic mass is 10.1. The molecule has 2 nitrogen and oxygen atoms in total. The van der Waals surface area contributed by atoms with E-state index in [0.29, 0.717) is 8.58 Å². The van der Waals surface area contributed by atoms with Crippen LogP contribution in [0.2, 0.25) is 0 Å². The van der Waals surface area contributed by atoms with E-state index in [1.165, 1.54) is 5.57 Å². The number of allylic oxidation sites excluding steroid dienone is 1. The summed E-state index contributed by atoms with van der Waals surface area (Å²) in [6.45, 7) is 8.37. The summed E-state index contributed by atoms with van der Waals surface area (Å²) in [7, 11) is 1.42. The van der Waals surface area contributed by atoms with E-state index in [9.17, 15) is 10.2 Å². The van der Waals surface area contributed by atoms with Crippen molar-refractivity contribution in [1.82, 2.24) is 0 Å². The summed E-state index contributed by atoms with van der Waals surface area (Å²) in [4.78, 5) is 0. The molecule has 4 unspecified atom stereocenters. The fourth-order valence-corrected chi connectivity index (χ4v) is 3.92. The first kappa shape index (κ1) is 17.5. The van der Waals surface area contributed by atoms with Crippen molar-refractivity contribution in [2.45, 2.75) is 52.7 Å². The maximum Gasteiger partial charge on any atom is 0.105 e. The smallest absolute Gasteiger partial charge is 0.105 e. The van der Waals surface area contributed by atoms with Gasteiger partial charge in [-0.3, -0.25) is 0 Å². The van der Waals surface area contributed by atoms with Gasteiger partial charge < -0.3 is 10.2 Å². The fraction of sp³-hybridized carbons (Fsp3) is 0.846. The van der Waals surface area contributed by atoms with Crippen LogP contribution in [0, 0.1) is 0 Å².